The molecule has 0 atom stereocenters. The standard InChI is InChI=1S/C20H17N3O/c24-20(22-12-15-6-2-1-3-7-15)14-23-18-9-5-4-8-16(18)17-10-11-21-13-19(17)23/h1-11,13H,12,14H2,(H,22,24). The smallest absolute Gasteiger partial charge is 0.240 e. The summed E-state index contributed by atoms with van der Waals surface area (Å²) in [6.45, 7) is 0.817. The number of fused-ring (bicyclic) bond motifs is 3. The second kappa shape index (κ2) is 6.16. The highest BCUT2D eigenvalue weighted by molar-refractivity contribution is 6.08. The van der Waals surface area contributed by atoms with Crippen LogP contribution in [0.2, 0.25) is 0 Å². The Morgan fingerprint density at radius 2 is 1.67 bits per heavy atom. The van der Waals surface area contributed by atoms with E-state index in [0.29, 0.717) is 6.54 Å². The maximum absolute atomic E-state index is 12.4. The summed E-state index contributed by atoms with van der Waals surface area (Å²) in [4.78, 5) is 16.6. The van der Waals surface area contributed by atoms with E-state index in [2.05, 4.69) is 16.4 Å². The van der Waals surface area contributed by atoms with Crippen LogP contribution in [0.25, 0.3) is 21.8 Å². The molecule has 0 bridgehead atoms. The van der Waals surface area contributed by atoms with Gasteiger partial charge in [0, 0.05) is 29.0 Å². The van der Waals surface area contributed by atoms with Gasteiger partial charge < -0.3 is 9.88 Å². The number of nitrogens with one attached hydrogen (secondary N) is 1. The van der Waals surface area contributed by atoms with Crippen molar-refractivity contribution in [2.75, 3.05) is 0 Å². The lowest BCUT2D eigenvalue weighted by Crippen LogP contribution is -2.27. The van der Waals surface area contributed by atoms with Gasteiger partial charge in [0.1, 0.15) is 6.54 Å². The molecule has 0 saturated heterocycles. The van der Waals surface area contributed by atoms with Crippen LogP contribution in [0.1, 0.15) is 5.56 Å². The first-order valence-corrected chi connectivity index (χ1v) is 7.94. The van der Waals surface area contributed by atoms with Gasteiger partial charge in [0.2, 0.25) is 5.91 Å². The number of benzene rings is 2. The molecule has 118 valence electrons. The number of pyridine rings is 1. The van der Waals surface area contributed by atoms with Crippen molar-refractivity contribution in [3.63, 3.8) is 0 Å². The van der Waals surface area contributed by atoms with Crippen molar-refractivity contribution in [2.24, 2.45) is 0 Å². The summed E-state index contributed by atoms with van der Waals surface area (Å²) < 4.78 is 2.03. The van der Waals surface area contributed by atoms with E-state index in [0.717, 1.165) is 27.4 Å². The minimum atomic E-state index is -0.00893. The van der Waals surface area contributed by atoms with Crippen LogP contribution >= 0.6 is 0 Å². The predicted octanol–water partition coefficient (Wildman–Crippen LogP) is 3.51. The van der Waals surface area contributed by atoms with Gasteiger partial charge in [0.15, 0.2) is 0 Å². The van der Waals surface area contributed by atoms with Gasteiger partial charge in [-0.25, -0.2) is 0 Å². The van der Waals surface area contributed by atoms with Gasteiger partial charge in [0.25, 0.3) is 0 Å². The highest BCUT2D eigenvalue weighted by Crippen LogP contribution is 2.27. The molecule has 0 aliphatic carbocycles. The van der Waals surface area contributed by atoms with Crippen molar-refractivity contribution in [1.82, 2.24) is 14.9 Å². The maximum atomic E-state index is 12.4. The van der Waals surface area contributed by atoms with Crippen LogP contribution in [0.3, 0.4) is 0 Å². The Morgan fingerprint density at radius 3 is 2.54 bits per heavy atom. The summed E-state index contributed by atoms with van der Waals surface area (Å²) in [6.07, 6.45) is 3.61. The molecule has 0 fully saturated rings. The Labute approximate surface area is 139 Å². The van der Waals surface area contributed by atoms with Crippen molar-refractivity contribution in [3.05, 3.63) is 78.6 Å². The highest BCUT2D eigenvalue weighted by Gasteiger charge is 2.12. The molecule has 0 spiro atoms. The second-order valence-electron chi connectivity index (χ2n) is 5.76. The molecule has 2 aromatic carbocycles. The molecular weight excluding hydrogens is 298 g/mol. The largest absolute Gasteiger partial charge is 0.350 e. The molecule has 24 heavy (non-hydrogen) atoms. The van der Waals surface area contributed by atoms with Crippen LogP contribution in [-0.2, 0) is 17.9 Å². The first-order valence-electron chi connectivity index (χ1n) is 7.94. The average Bonchev–Trinajstić information content (AvgIpc) is 2.95. The Morgan fingerprint density at radius 1 is 0.917 bits per heavy atom. The number of hydrogen-bond acceptors (Lipinski definition) is 2. The van der Waals surface area contributed by atoms with Crippen molar-refractivity contribution >= 4 is 27.7 Å². The molecule has 4 rings (SSSR count). The molecule has 0 saturated carbocycles. The fraction of sp³-hybridized carbons (Fsp3) is 0.100. The van der Waals surface area contributed by atoms with Gasteiger partial charge >= 0.3 is 0 Å². The molecule has 1 N–H and O–H groups in total. The Bertz CT molecular complexity index is 952. The van der Waals surface area contributed by atoms with E-state index in [-0.39, 0.29) is 12.5 Å². The summed E-state index contributed by atoms with van der Waals surface area (Å²) >= 11 is 0. The van der Waals surface area contributed by atoms with Crippen molar-refractivity contribution in [2.45, 2.75) is 13.1 Å². The zero-order valence-electron chi connectivity index (χ0n) is 13.1. The summed E-state index contributed by atoms with van der Waals surface area (Å²) in [5, 5.41) is 5.25. The minimum absolute atomic E-state index is 0.00893. The topological polar surface area (TPSA) is 46.9 Å². The van der Waals surface area contributed by atoms with Crippen LogP contribution in [0.5, 0.6) is 0 Å². The lowest BCUT2D eigenvalue weighted by Gasteiger charge is -2.08. The van der Waals surface area contributed by atoms with Crippen LogP contribution in [-0.4, -0.2) is 15.5 Å². The van der Waals surface area contributed by atoms with E-state index in [4.69, 9.17) is 0 Å². The van der Waals surface area contributed by atoms with Gasteiger partial charge in [-0.2, -0.15) is 0 Å². The van der Waals surface area contributed by atoms with Gasteiger partial charge in [-0.3, -0.25) is 9.78 Å². The van der Waals surface area contributed by atoms with Gasteiger partial charge in [0.05, 0.1) is 11.7 Å². The number of aromatic nitrogens is 2. The summed E-state index contributed by atoms with van der Waals surface area (Å²) in [5.74, 6) is -0.00893. The van der Waals surface area contributed by atoms with Gasteiger partial charge in [-0.15, -0.1) is 0 Å². The number of para-hydroxylation sites is 1. The molecule has 4 heteroatoms. The van der Waals surface area contributed by atoms with E-state index in [1.54, 1.807) is 6.20 Å². The van der Waals surface area contributed by atoms with Crippen LogP contribution in [0.4, 0.5) is 0 Å². The number of carbonyl (C=O) groups excluding carboxylic acids is 1. The maximum Gasteiger partial charge on any atom is 0.240 e. The van der Waals surface area contributed by atoms with E-state index in [1.807, 2.05) is 65.4 Å². The van der Waals surface area contributed by atoms with Crippen LogP contribution < -0.4 is 5.32 Å². The highest BCUT2D eigenvalue weighted by atomic mass is 16.1. The number of nitrogens with zero attached hydrogens (tertiary/aromatic N) is 2. The molecule has 0 aliphatic heterocycles. The van der Waals surface area contributed by atoms with Crippen molar-refractivity contribution in [3.8, 4) is 0 Å². The average molecular weight is 315 g/mol. The molecular formula is C20H17N3O. The van der Waals surface area contributed by atoms with Gasteiger partial charge in [-0.1, -0.05) is 48.5 Å². The third-order valence-electron chi connectivity index (χ3n) is 4.21. The van der Waals surface area contributed by atoms with E-state index in [1.165, 1.54) is 0 Å². The molecule has 2 heterocycles. The zero-order chi connectivity index (χ0) is 16.4. The second-order valence-corrected chi connectivity index (χ2v) is 5.76. The Kier molecular flexibility index (Phi) is 3.71. The van der Waals surface area contributed by atoms with E-state index in [9.17, 15) is 4.79 Å². The number of hydrogen-bond donors (Lipinski definition) is 1. The first-order chi connectivity index (χ1) is 11.8. The third-order valence-corrected chi connectivity index (χ3v) is 4.21. The predicted molar refractivity (Wildman–Crippen MR) is 95.5 cm³/mol. The zero-order valence-corrected chi connectivity index (χ0v) is 13.1. The van der Waals surface area contributed by atoms with E-state index < -0.39 is 0 Å². The monoisotopic (exact) mass is 315 g/mol. The number of rotatable bonds is 4. The van der Waals surface area contributed by atoms with Crippen molar-refractivity contribution in [1.29, 1.82) is 0 Å². The molecule has 0 unspecified atom stereocenters. The minimum Gasteiger partial charge on any atom is -0.350 e. The molecule has 1 amide bonds. The fourth-order valence-electron chi connectivity index (χ4n) is 3.06. The van der Waals surface area contributed by atoms with Gasteiger partial charge in [-0.05, 0) is 17.7 Å². The lowest BCUT2D eigenvalue weighted by atomic mass is 10.2. The quantitative estimate of drug-likeness (QED) is 0.626. The number of carbonyl (C=O) groups is 1. The van der Waals surface area contributed by atoms with E-state index >= 15 is 0 Å². The lowest BCUT2D eigenvalue weighted by molar-refractivity contribution is -0.121. The SMILES string of the molecule is O=C(Cn1c2ccccc2c2ccncc21)NCc1ccccc1. The third kappa shape index (κ3) is 2.63. The van der Waals surface area contributed by atoms with Crippen LogP contribution in [0, 0.1) is 0 Å². The molecule has 2 aromatic heterocycles. The molecule has 0 aliphatic rings. The molecule has 4 aromatic rings. The summed E-state index contributed by atoms with van der Waals surface area (Å²) in [7, 11) is 0. The molecule has 4 nitrogen and oxygen atoms in total. The Hall–Kier alpha value is -3.14. The fourth-order valence-corrected chi connectivity index (χ4v) is 3.06. The first kappa shape index (κ1) is 14.5. The summed E-state index contributed by atoms with van der Waals surface area (Å²) in [5.41, 5.74) is 3.12. The normalized spacial score (nSPS) is 11.0. The Balaban J connectivity index is 1.62. The van der Waals surface area contributed by atoms with Crippen LogP contribution in [0.15, 0.2) is 73.1 Å². The molecule has 0 radical (unpaired) electrons. The summed E-state index contributed by atoms with van der Waals surface area (Å²) in [6, 6.07) is 20.0. The van der Waals surface area contributed by atoms with Crippen molar-refractivity contribution < 1.29 is 4.79 Å². The number of amides is 1.